The fraction of sp³-hybridized carbons (Fsp3) is 0.667. The van der Waals surface area contributed by atoms with Gasteiger partial charge in [-0.3, -0.25) is 0 Å². The lowest BCUT2D eigenvalue weighted by Crippen LogP contribution is -2.38. The number of hydrogen-bond acceptors (Lipinski definition) is 3. The molecule has 3 atom stereocenters. The molecule has 74 valence electrons. The Bertz CT molecular complexity index is 177. The number of carboxylic acid groups (broad SMARTS) is 1. The molecule has 0 spiro atoms. The fourth-order valence-electron chi connectivity index (χ4n) is 1.28. The largest absolute Gasteiger partial charge is 0.479 e. The van der Waals surface area contributed by atoms with Gasteiger partial charge in [-0.2, -0.15) is 0 Å². The summed E-state index contributed by atoms with van der Waals surface area (Å²) in [7, 11) is 0. The molecule has 0 saturated carbocycles. The highest BCUT2D eigenvalue weighted by Crippen LogP contribution is 2.18. The van der Waals surface area contributed by atoms with E-state index in [4.69, 9.17) is 14.9 Å². The molecular formula is C9H14O4. The van der Waals surface area contributed by atoms with Crippen molar-refractivity contribution in [2.45, 2.75) is 38.1 Å². The summed E-state index contributed by atoms with van der Waals surface area (Å²) in [5.41, 5.74) is 0. The van der Waals surface area contributed by atoms with Gasteiger partial charge in [-0.05, 0) is 13.3 Å². The number of carbonyl (C=O) groups is 1. The zero-order valence-electron chi connectivity index (χ0n) is 7.51. The normalized spacial score (nSPS) is 32.8. The van der Waals surface area contributed by atoms with Crippen molar-refractivity contribution in [3.63, 3.8) is 0 Å². The third-order valence-corrected chi connectivity index (χ3v) is 1.76. The van der Waals surface area contributed by atoms with Crippen LogP contribution >= 0.6 is 0 Å². The van der Waals surface area contributed by atoms with Crippen molar-refractivity contribution < 1.29 is 19.7 Å². The lowest BCUT2D eigenvalue weighted by Gasteiger charge is -2.28. The van der Waals surface area contributed by atoms with Crippen LogP contribution in [0.3, 0.4) is 0 Å². The summed E-state index contributed by atoms with van der Waals surface area (Å²) < 4.78 is 5.06. The van der Waals surface area contributed by atoms with Crippen molar-refractivity contribution in [2.75, 3.05) is 0 Å². The molecule has 4 nitrogen and oxygen atoms in total. The molecule has 13 heavy (non-hydrogen) atoms. The first-order chi connectivity index (χ1) is 6.09. The van der Waals surface area contributed by atoms with Gasteiger partial charge in [-0.25, -0.2) is 4.79 Å². The predicted octanol–water partition coefficient (Wildman–Crippen LogP) is 0.249. The number of terminal acetylenes is 1. The Balaban J connectivity index is 0.000000671. The Morgan fingerprint density at radius 2 is 2.00 bits per heavy atom. The van der Waals surface area contributed by atoms with Crippen LogP contribution < -0.4 is 0 Å². The van der Waals surface area contributed by atoms with Gasteiger partial charge in [0.1, 0.15) is 0 Å². The van der Waals surface area contributed by atoms with Gasteiger partial charge in [0.05, 0.1) is 12.2 Å². The highest BCUT2D eigenvalue weighted by atomic mass is 16.5. The van der Waals surface area contributed by atoms with E-state index in [1.54, 1.807) is 6.92 Å². The van der Waals surface area contributed by atoms with E-state index in [1.807, 2.05) is 0 Å². The first-order valence-electron chi connectivity index (χ1n) is 3.99. The molecule has 0 amide bonds. The second kappa shape index (κ2) is 5.57. The van der Waals surface area contributed by atoms with Crippen molar-refractivity contribution in [2.24, 2.45) is 0 Å². The van der Waals surface area contributed by atoms with Crippen LogP contribution in [0.2, 0.25) is 0 Å². The lowest BCUT2D eigenvalue weighted by atomic mass is 10.0. The Morgan fingerprint density at radius 3 is 2.38 bits per heavy atom. The maximum Gasteiger partial charge on any atom is 0.332 e. The molecule has 0 aliphatic carbocycles. The second-order valence-electron chi connectivity index (χ2n) is 2.90. The zero-order chi connectivity index (χ0) is 10.4. The van der Waals surface area contributed by atoms with Crippen molar-refractivity contribution in [3.8, 4) is 12.8 Å². The van der Waals surface area contributed by atoms with Gasteiger partial charge in [0.15, 0.2) is 6.10 Å². The summed E-state index contributed by atoms with van der Waals surface area (Å²) >= 11 is 0. The van der Waals surface area contributed by atoms with Gasteiger partial charge in [0.25, 0.3) is 0 Å². The summed E-state index contributed by atoms with van der Waals surface area (Å²) in [6.45, 7) is 1.76. The van der Waals surface area contributed by atoms with E-state index >= 15 is 0 Å². The summed E-state index contributed by atoms with van der Waals surface area (Å²) in [5.74, 6) is -0.990. The maximum absolute atomic E-state index is 10.4. The molecule has 1 saturated heterocycles. The number of carboxylic acids is 1. The molecule has 0 radical (unpaired) electrons. The molecule has 2 N–H and O–H groups in total. The molecule has 1 fully saturated rings. The minimum absolute atomic E-state index is 0.153. The van der Waals surface area contributed by atoms with E-state index in [9.17, 15) is 4.79 Å². The molecule has 1 heterocycles. The van der Waals surface area contributed by atoms with Crippen molar-refractivity contribution in [3.05, 3.63) is 0 Å². The third kappa shape index (κ3) is 3.92. The number of aliphatic hydroxyl groups is 1. The van der Waals surface area contributed by atoms with Crippen LogP contribution in [0.5, 0.6) is 0 Å². The van der Waals surface area contributed by atoms with Crippen LogP contribution in [0.1, 0.15) is 19.8 Å². The number of hydrogen-bond donors (Lipinski definition) is 2. The average molecular weight is 186 g/mol. The lowest BCUT2D eigenvalue weighted by molar-refractivity contribution is -0.164. The number of aliphatic hydroxyl groups excluding tert-OH is 1. The summed E-state index contributed by atoms with van der Waals surface area (Å²) in [5, 5.41) is 17.7. The number of ether oxygens (including phenoxy) is 1. The van der Waals surface area contributed by atoms with Crippen LogP contribution in [0.25, 0.3) is 0 Å². The Hall–Kier alpha value is -1.05. The molecule has 4 heteroatoms. The molecule has 1 rings (SSSR count). The van der Waals surface area contributed by atoms with Crippen LogP contribution in [0.15, 0.2) is 0 Å². The van der Waals surface area contributed by atoms with E-state index < -0.39 is 18.2 Å². The molecule has 0 aromatic heterocycles. The Kier molecular flexibility index (Phi) is 5.12. The fourth-order valence-corrected chi connectivity index (χ4v) is 1.28. The van der Waals surface area contributed by atoms with Crippen molar-refractivity contribution in [1.82, 2.24) is 0 Å². The molecule has 1 aliphatic rings. The topological polar surface area (TPSA) is 66.8 Å². The van der Waals surface area contributed by atoms with E-state index in [2.05, 4.69) is 12.8 Å². The van der Waals surface area contributed by atoms with E-state index in [0.29, 0.717) is 6.42 Å². The van der Waals surface area contributed by atoms with Crippen LogP contribution in [0.4, 0.5) is 0 Å². The van der Waals surface area contributed by atoms with E-state index in [0.717, 1.165) is 0 Å². The van der Waals surface area contributed by atoms with Crippen molar-refractivity contribution >= 4 is 5.97 Å². The van der Waals surface area contributed by atoms with Gasteiger partial charge in [-0.1, -0.05) is 0 Å². The predicted molar refractivity (Wildman–Crippen MR) is 47.1 cm³/mol. The molecule has 0 bridgehead atoms. The summed E-state index contributed by atoms with van der Waals surface area (Å²) in [6.07, 6.45) is 7.23. The maximum atomic E-state index is 10.4. The van der Waals surface area contributed by atoms with Gasteiger partial charge in [0.2, 0.25) is 0 Å². The molecule has 1 unspecified atom stereocenters. The minimum atomic E-state index is -0.990. The van der Waals surface area contributed by atoms with Crippen molar-refractivity contribution in [1.29, 1.82) is 0 Å². The molecule has 0 aromatic carbocycles. The SMILES string of the molecule is C#C.CC1C[C@@H](O)C[C@@H](C(=O)O)O1. The van der Waals surface area contributed by atoms with Gasteiger partial charge in [-0.15, -0.1) is 12.8 Å². The smallest absolute Gasteiger partial charge is 0.332 e. The van der Waals surface area contributed by atoms with Crippen LogP contribution in [-0.2, 0) is 9.53 Å². The zero-order valence-corrected chi connectivity index (χ0v) is 7.51. The highest BCUT2D eigenvalue weighted by molar-refractivity contribution is 5.72. The monoisotopic (exact) mass is 186 g/mol. The standard InChI is InChI=1S/C7H12O4.C2H2/c1-4-2-5(8)3-6(11-4)7(9)10;1-2/h4-6,8H,2-3H2,1H3,(H,9,10);1-2H/t4?,5-,6+;/m1./s1. The minimum Gasteiger partial charge on any atom is -0.479 e. The number of aliphatic carboxylic acids is 1. The Labute approximate surface area is 77.5 Å². The first-order valence-corrected chi connectivity index (χ1v) is 3.99. The quantitative estimate of drug-likeness (QED) is 0.576. The van der Waals surface area contributed by atoms with E-state index in [-0.39, 0.29) is 12.5 Å². The Morgan fingerprint density at radius 1 is 1.46 bits per heavy atom. The van der Waals surface area contributed by atoms with Gasteiger partial charge in [0, 0.05) is 6.42 Å². The molecule has 1 aliphatic heterocycles. The van der Waals surface area contributed by atoms with E-state index in [1.165, 1.54) is 0 Å². The van der Waals surface area contributed by atoms with Crippen LogP contribution in [0, 0.1) is 12.8 Å². The highest BCUT2D eigenvalue weighted by Gasteiger charge is 2.30. The molecule has 0 aromatic rings. The average Bonchev–Trinajstić information content (AvgIpc) is 2.06. The first kappa shape index (κ1) is 11.9. The van der Waals surface area contributed by atoms with Gasteiger partial charge >= 0.3 is 5.97 Å². The van der Waals surface area contributed by atoms with Crippen LogP contribution in [-0.4, -0.2) is 34.5 Å². The third-order valence-electron chi connectivity index (χ3n) is 1.76. The summed E-state index contributed by atoms with van der Waals surface area (Å²) in [4.78, 5) is 10.4. The molecular weight excluding hydrogens is 172 g/mol. The second-order valence-corrected chi connectivity index (χ2v) is 2.90. The number of rotatable bonds is 1. The van der Waals surface area contributed by atoms with Gasteiger partial charge < -0.3 is 14.9 Å². The summed E-state index contributed by atoms with van der Waals surface area (Å²) in [6, 6.07) is 0.